The maximum absolute atomic E-state index is 12.4. The van der Waals surface area contributed by atoms with Gasteiger partial charge in [-0.15, -0.1) is 21.5 Å². The first-order valence-electron chi connectivity index (χ1n) is 10.2. The van der Waals surface area contributed by atoms with Crippen molar-refractivity contribution in [1.29, 1.82) is 0 Å². The highest BCUT2D eigenvalue weighted by molar-refractivity contribution is 7.98. The second-order valence-electron chi connectivity index (χ2n) is 6.97. The average molecular weight is 494 g/mol. The van der Waals surface area contributed by atoms with Crippen LogP contribution in [0.25, 0.3) is 17.3 Å². The fourth-order valence-electron chi connectivity index (χ4n) is 3.24. The fourth-order valence-corrected chi connectivity index (χ4v) is 4.98. The molecule has 0 radical (unpaired) electrons. The second-order valence-corrected chi connectivity index (χ2v) is 8.85. The number of furan rings is 2. The highest BCUT2D eigenvalue weighted by atomic mass is 32.2. The lowest BCUT2D eigenvalue weighted by atomic mass is 10.3. The van der Waals surface area contributed by atoms with Crippen LogP contribution in [-0.2, 0) is 12.3 Å². The van der Waals surface area contributed by atoms with Crippen molar-refractivity contribution in [2.75, 3.05) is 7.11 Å². The minimum Gasteiger partial charge on any atom is -0.495 e. The molecule has 0 bridgehead atoms. The van der Waals surface area contributed by atoms with Crippen LogP contribution in [0.5, 0.6) is 5.75 Å². The zero-order valence-electron chi connectivity index (χ0n) is 18.0. The number of benzene rings is 1. The number of methoxy groups -OCH3 is 1. The first-order chi connectivity index (χ1) is 16.7. The minimum absolute atomic E-state index is 0.249. The summed E-state index contributed by atoms with van der Waals surface area (Å²) in [5, 5.41) is 14.7. The summed E-state index contributed by atoms with van der Waals surface area (Å²) in [5.74, 6) is 2.79. The SMILES string of the molecule is COc1ccccc1-n1c(SCc2nc(C(=O)NCc3ccco3)cs2)nnc1-c1ccco1. The van der Waals surface area contributed by atoms with E-state index in [0.717, 1.165) is 10.7 Å². The van der Waals surface area contributed by atoms with Crippen molar-refractivity contribution in [3.63, 3.8) is 0 Å². The van der Waals surface area contributed by atoms with Crippen LogP contribution < -0.4 is 10.1 Å². The number of thioether (sulfide) groups is 1. The molecule has 1 N–H and O–H groups in total. The molecule has 5 rings (SSSR count). The molecule has 9 nitrogen and oxygen atoms in total. The number of thiazole rings is 1. The van der Waals surface area contributed by atoms with Crippen LogP contribution in [0.15, 0.2) is 80.4 Å². The lowest BCUT2D eigenvalue weighted by Crippen LogP contribution is -2.22. The van der Waals surface area contributed by atoms with Crippen molar-refractivity contribution < 1.29 is 18.4 Å². The number of carbonyl (C=O) groups is 1. The molecule has 5 aromatic rings. The molecule has 172 valence electrons. The molecule has 0 atom stereocenters. The van der Waals surface area contributed by atoms with Crippen molar-refractivity contribution in [3.05, 3.63) is 82.9 Å². The Morgan fingerprint density at radius 3 is 2.76 bits per heavy atom. The van der Waals surface area contributed by atoms with Gasteiger partial charge < -0.3 is 18.9 Å². The van der Waals surface area contributed by atoms with E-state index in [4.69, 9.17) is 13.6 Å². The molecule has 34 heavy (non-hydrogen) atoms. The van der Waals surface area contributed by atoms with Crippen LogP contribution in [0.4, 0.5) is 0 Å². The molecule has 0 saturated heterocycles. The minimum atomic E-state index is -0.249. The van der Waals surface area contributed by atoms with E-state index in [9.17, 15) is 4.79 Å². The lowest BCUT2D eigenvalue weighted by Gasteiger charge is -2.12. The summed E-state index contributed by atoms with van der Waals surface area (Å²) in [7, 11) is 1.62. The summed E-state index contributed by atoms with van der Waals surface area (Å²) in [6, 6.07) is 14.9. The number of ether oxygens (including phenoxy) is 1. The monoisotopic (exact) mass is 493 g/mol. The zero-order chi connectivity index (χ0) is 23.3. The molecule has 4 heterocycles. The van der Waals surface area contributed by atoms with Gasteiger partial charge in [-0.3, -0.25) is 9.36 Å². The van der Waals surface area contributed by atoms with Gasteiger partial charge >= 0.3 is 0 Å². The summed E-state index contributed by atoms with van der Waals surface area (Å²) in [6.45, 7) is 0.311. The third kappa shape index (κ3) is 4.61. The van der Waals surface area contributed by atoms with Gasteiger partial charge in [0.15, 0.2) is 10.9 Å². The third-order valence-corrected chi connectivity index (χ3v) is 6.79. The van der Waals surface area contributed by atoms with Crippen molar-refractivity contribution in [1.82, 2.24) is 25.1 Å². The fraction of sp³-hybridized carbons (Fsp3) is 0.130. The normalized spacial score (nSPS) is 11.0. The van der Waals surface area contributed by atoms with E-state index in [1.807, 2.05) is 34.9 Å². The first-order valence-corrected chi connectivity index (χ1v) is 12.1. The Morgan fingerprint density at radius 1 is 1.12 bits per heavy atom. The molecule has 1 aromatic carbocycles. The smallest absolute Gasteiger partial charge is 0.271 e. The van der Waals surface area contributed by atoms with Gasteiger partial charge in [0, 0.05) is 5.38 Å². The van der Waals surface area contributed by atoms with E-state index in [1.165, 1.54) is 23.1 Å². The number of aromatic nitrogens is 4. The van der Waals surface area contributed by atoms with Crippen LogP contribution in [0.1, 0.15) is 21.3 Å². The topological polar surface area (TPSA) is 108 Å². The molecular weight excluding hydrogens is 474 g/mol. The van der Waals surface area contributed by atoms with Gasteiger partial charge in [-0.1, -0.05) is 23.9 Å². The van der Waals surface area contributed by atoms with Crippen LogP contribution >= 0.6 is 23.1 Å². The number of rotatable bonds is 9. The Labute approximate surface area is 202 Å². The molecule has 0 saturated carbocycles. The zero-order valence-corrected chi connectivity index (χ0v) is 19.6. The van der Waals surface area contributed by atoms with Gasteiger partial charge in [0.25, 0.3) is 5.91 Å². The predicted octanol–water partition coefficient (Wildman–Crippen LogP) is 4.81. The van der Waals surface area contributed by atoms with Crippen molar-refractivity contribution in [2.24, 2.45) is 0 Å². The Bertz CT molecular complexity index is 1380. The van der Waals surface area contributed by atoms with Crippen LogP contribution in [0.3, 0.4) is 0 Å². The van der Waals surface area contributed by atoms with Gasteiger partial charge in [0.1, 0.15) is 22.2 Å². The Hall–Kier alpha value is -3.83. The molecule has 4 aromatic heterocycles. The number of hydrogen-bond acceptors (Lipinski definition) is 9. The highest BCUT2D eigenvalue weighted by Gasteiger charge is 2.21. The molecular formula is C23H19N5O4S2. The van der Waals surface area contributed by atoms with Gasteiger partial charge in [-0.2, -0.15) is 0 Å². The van der Waals surface area contributed by atoms with E-state index in [1.54, 1.807) is 43.2 Å². The Balaban J connectivity index is 1.35. The molecule has 0 fully saturated rings. The van der Waals surface area contributed by atoms with Crippen molar-refractivity contribution >= 4 is 29.0 Å². The second kappa shape index (κ2) is 9.98. The summed E-state index contributed by atoms with van der Waals surface area (Å²) in [4.78, 5) is 16.9. The molecule has 0 unspecified atom stereocenters. The molecule has 0 aliphatic heterocycles. The maximum Gasteiger partial charge on any atom is 0.271 e. The molecule has 11 heteroatoms. The maximum atomic E-state index is 12.4. The van der Waals surface area contributed by atoms with E-state index in [0.29, 0.717) is 46.2 Å². The Morgan fingerprint density at radius 2 is 1.97 bits per heavy atom. The molecule has 0 spiro atoms. The highest BCUT2D eigenvalue weighted by Crippen LogP contribution is 2.34. The summed E-state index contributed by atoms with van der Waals surface area (Å²) in [6.07, 6.45) is 3.16. The van der Waals surface area contributed by atoms with Gasteiger partial charge in [0.05, 0.1) is 37.6 Å². The lowest BCUT2D eigenvalue weighted by molar-refractivity contribution is 0.0943. The molecule has 0 aliphatic rings. The number of nitrogens with zero attached hydrogens (tertiary/aromatic N) is 4. The summed E-state index contributed by atoms with van der Waals surface area (Å²) < 4.78 is 18.3. The molecule has 1 amide bonds. The molecule has 0 aliphatic carbocycles. The van der Waals surface area contributed by atoms with Gasteiger partial charge in [-0.25, -0.2) is 4.98 Å². The number of hydrogen-bond donors (Lipinski definition) is 1. The van der Waals surface area contributed by atoms with Crippen molar-refractivity contribution in [2.45, 2.75) is 17.5 Å². The van der Waals surface area contributed by atoms with Crippen LogP contribution in [0, 0.1) is 0 Å². The number of nitrogens with one attached hydrogen (secondary N) is 1. The van der Waals surface area contributed by atoms with E-state index < -0.39 is 0 Å². The van der Waals surface area contributed by atoms with Crippen LogP contribution in [0.2, 0.25) is 0 Å². The largest absolute Gasteiger partial charge is 0.495 e. The number of para-hydroxylation sites is 2. The number of carbonyl (C=O) groups excluding carboxylic acids is 1. The third-order valence-electron chi connectivity index (χ3n) is 4.81. The first kappa shape index (κ1) is 22.0. The average Bonchev–Trinajstić information content (AvgIpc) is 3.68. The van der Waals surface area contributed by atoms with E-state index in [2.05, 4.69) is 20.5 Å². The van der Waals surface area contributed by atoms with E-state index in [-0.39, 0.29) is 5.91 Å². The van der Waals surface area contributed by atoms with Crippen molar-refractivity contribution in [3.8, 4) is 23.0 Å². The Kier molecular flexibility index (Phi) is 6.45. The van der Waals surface area contributed by atoms with Crippen LogP contribution in [-0.4, -0.2) is 32.8 Å². The summed E-state index contributed by atoms with van der Waals surface area (Å²) in [5.41, 5.74) is 1.16. The van der Waals surface area contributed by atoms with Gasteiger partial charge in [0.2, 0.25) is 5.82 Å². The quantitative estimate of drug-likeness (QED) is 0.292. The van der Waals surface area contributed by atoms with E-state index >= 15 is 0 Å². The predicted molar refractivity (Wildman–Crippen MR) is 127 cm³/mol. The summed E-state index contributed by atoms with van der Waals surface area (Å²) >= 11 is 2.88. The standard InChI is InChI=1S/C23H19N5O4S2/c1-30-18-8-3-2-7-17(18)28-21(19-9-5-11-32-19)26-27-23(28)34-14-20-25-16(13-33-20)22(29)24-12-15-6-4-10-31-15/h2-11,13H,12,14H2,1H3,(H,24,29). The van der Waals surface area contributed by atoms with Gasteiger partial charge in [-0.05, 0) is 36.4 Å². The number of amides is 1.